The predicted octanol–water partition coefficient (Wildman–Crippen LogP) is 2.49. The van der Waals surface area contributed by atoms with Crippen molar-refractivity contribution in [2.75, 3.05) is 30.4 Å². The number of nitrogens with zero attached hydrogens (tertiary/aromatic N) is 5. The number of aromatic nitrogens is 3. The first-order valence-corrected chi connectivity index (χ1v) is 7.27. The molecule has 2 aromatic heterocycles. The Kier molecular flexibility index (Phi) is 3.53. The number of hydrogen-bond acceptors (Lipinski definition) is 6. The largest absolute Gasteiger partial charge is 0.363 e. The molecule has 1 atom stereocenters. The molecule has 3 heterocycles. The van der Waals surface area contributed by atoms with Gasteiger partial charge in [-0.2, -0.15) is 4.98 Å². The van der Waals surface area contributed by atoms with Gasteiger partial charge in [-0.3, -0.25) is 0 Å². The lowest BCUT2D eigenvalue weighted by Gasteiger charge is -2.24. The highest BCUT2D eigenvalue weighted by atomic mass is 16.5. The van der Waals surface area contributed by atoms with Crippen molar-refractivity contribution in [3.8, 4) is 0 Å². The fourth-order valence-corrected chi connectivity index (χ4v) is 2.75. The van der Waals surface area contributed by atoms with Gasteiger partial charge in [0, 0.05) is 38.5 Å². The van der Waals surface area contributed by atoms with Gasteiger partial charge < -0.3 is 14.3 Å². The summed E-state index contributed by atoms with van der Waals surface area (Å²) in [6.45, 7) is 4.87. The summed E-state index contributed by atoms with van der Waals surface area (Å²) in [5, 5.41) is 4.17. The summed E-state index contributed by atoms with van der Waals surface area (Å²) in [6.07, 6.45) is 2.17. The first-order valence-electron chi connectivity index (χ1n) is 7.27. The van der Waals surface area contributed by atoms with Crippen LogP contribution in [0.25, 0.3) is 0 Å². The molecule has 1 fully saturated rings. The molecule has 6 nitrogen and oxygen atoms in total. The fraction of sp³-hybridized carbons (Fsp3) is 0.533. The van der Waals surface area contributed by atoms with Crippen molar-refractivity contribution in [1.29, 1.82) is 0 Å². The molecule has 0 aromatic carbocycles. The van der Waals surface area contributed by atoms with E-state index in [4.69, 9.17) is 4.52 Å². The van der Waals surface area contributed by atoms with Crippen LogP contribution in [0.3, 0.4) is 0 Å². The van der Waals surface area contributed by atoms with Gasteiger partial charge in [-0.05, 0) is 26.7 Å². The van der Waals surface area contributed by atoms with Crippen LogP contribution >= 0.6 is 0 Å². The first kappa shape index (κ1) is 13.9. The lowest BCUT2D eigenvalue weighted by molar-refractivity contribution is 0.385. The van der Waals surface area contributed by atoms with Crippen molar-refractivity contribution >= 4 is 11.8 Å². The zero-order chi connectivity index (χ0) is 15.0. The highest BCUT2D eigenvalue weighted by molar-refractivity contribution is 5.46. The molecule has 0 bridgehead atoms. The summed E-state index contributed by atoms with van der Waals surface area (Å²) in [5.74, 6) is 2.55. The van der Waals surface area contributed by atoms with Gasteiger partial charge in [0.25, 0.3) is 0 Å². The van der Waals surface area contributed by atoms with Gasteiger partial charge in [0.05, 0.1) is 6.04 Å². The molecule has 6 heteroatoms. The molecule has 2 aromatic rings. The van der Waals surface area contributed by atoms with E-state index < -0.39 is 0 Å². The molecular formula is C15H21N5O. The summed E-state index contributed by atoms with van der Waals surface area (Å²) < 4.78 is 5.22. The molecule has 21 heavy (non-hydrogen) atoms. The summed E-state index contributed by atoms with van der Waals surface area (Å²) in [7, 11) is 3.99. The van der Waals surface area contributed by atoms with Crippen LogP contribution in [-0.2, 0) is 0 Å². The second-order valence-corrected chi connectivity index (χ2v) is 5.78. The molecule has 0 radical (unpaired) electrons. The minimum atomic E-state index is 0.208. The van der Waals surface area contributed by atoms with Crippen LogP contribution < -0.4 is 9.80 Å². The van der Waals surface area contributed by atoms with Crippen molar-refractivity contribution < 1.29 is 4.52 Å². The highest BCUT2D eigenvalue weighted by Gasteiger charge is 2.30. The maximum absolute atomic E-state index is 5.22. The van der Waals surface area contributed by atoms with Crippen LogP contribution in [0.5, 0.6) is 0 Å². The quantitative estimate of drug-likeness (QED) is 0.864. The van der Waals surface area contributed by atoms with Crippen molar-refractivity contribution in [1.82, 2.24) is 15.1 Å². The third-order valence-corrected chi connectivity index (χ3v) is 3.78. The van der Waals surface area contributed by atoms with Crippen LogP contribution in [0.1, 0.15) is 36.0 Å². The zero-order valence-electron chi connectivity index (χ0n) is 13.0. The Balaban J connectivity index is 1.95. The van der Waals surface area contributed by atoms with E-state index in [0.29, 0.717) is 0 Å². The van der Waals surface area contributed by atoms with E-state index in [1.807, 2.05) is 45.0 Å². The predicted molar refractivity (Wildman–Crippen MR) is 81.7 cm³/mol. The summed E-state index contributed by atoms with van der Waals surface area (Å²) in [4.78, 5) is 13.5. The Morgan fingerprint density at radius 3 is 2.71 bits per heavy atom. The highest BCUT2D eigenvalue weighted by Crippen LogP contribution is 2.34. The molecule has 1 aliphatic rings. The van der Waals surface area contributed by atoms with E-state index in [0.717, 1.165) is 48.3 Å². The van der Waals surface area contributed by atoms with Gasteiger partial charge >= 0.3 is 0 Å². The SMILES string of the molecule is Cc1cc(N(C)C)nc(N2CCCC2c2cc(C)on2)n1. The standard InChI is InChI=1S/C15H21N5O/c1-10-8-14(19(3)4)17-15(16-10)20-7-5-6-13(20)12-9-11(2)21-18-12/h8-9,13H,5-7H2,1-4H3. The van der Waals surface area contributed by atoms with Crippen LogP contribution in [0.2, 0.25) is 0 Å². The Morgan fingerprint density at radius 1 is 1.24 bits per heavy atom. The van der Waals surface area contributed by atoms with E-state index in [2.05, 4.69) is 20.0 Å². The summed E-state index contributed by atoms with van der Waals surface area (Å²) in [6, 6.07) is 4.21. The summed E-state index contributed by atoms with van der Waals surface area (Å²) >= 11 is 0. The number of anilines is 2. The van der Waals surface area contributed by atoms with Crippen molar-refractivity contribution in [3.05, 3.63) is 29.3 Å². The van der Waals surface area contributed by atoms with Crippen LogP contribution in [0, 0.1) is 13.8 Å². The Hall–Kier alpha value is -2.11. The summed E-state index contributed by atoms with van der Waals surface area (Å²) in [5.41, 5.74) is 1.95. The molecule has 112 valence electrons. The van der Waals surface area contributed by atoms with E-state index in [9.17, 15) is 0 Å². The van der Waals surface area contributed by atoms with Gasteiger partial charge in [-0.25, -0.2) is 4.98 Å². The van der Waals surface area contributed by atoms with Crippen molar-refractivity contribution in [3.63, 3.8) is 0 Å². The Bertz CT molecular complexity index is 637. The van der Waals surface area contributed by atoms with Crippen molar-refractivity contribution in [2.24, 2.45) is 0 Å². The van der Waals surface area contributed by atoms with Gasteiger partial charge in [-0.1, -0.05) is 5.16 Å². The van der Waals surface area contributed by atoms with E-state index in [1.165, 1.54) is 0 Å². The third kappa shape index (κ3) is 2.70. The Labute approximate surface area is 124 Å². The maximum Gasteiger partial charge on any atom is 0.228 e. The number of aryl methyl sites for hydroxylation is 2. The lowest BCUT2D eigenvalue weighted by atomic mass is 10.1. The van der Waals surface area contributed by atoms with Crippen LogP contribution in [0.15, 0.2) is 16.7 Å². The molecule has 1 unspecified atom stereocenters. The topological polar surface area (TPSA) is 58.3 Å². The molecular weight excluding hydrogens is 266 g/mol. The normalized spacial score (nSPS) is 18.3. The Morgan fingerprint density at radius 2 is 2.05 bits per heavy atom. The minimum Gasteiger partial charge on any atom is -0.363 e. The molecule has 0 spiro atoms. The monoisotopic (exact) mass is 287 g/mol. The molecule has 1 saturated heterocycles. The van der Waals surface area contributed by atoms with Crippen LogP contribution in [-0.4, -0.2) is 35.8 Å². The van der Waals surface area contributed by atoms with Gasteiger partial charge in [-0.15, -0.1) is 0 Å². The smallest absolute Gasteiger partial charge is 0.228 e. The minimum absolute atomic E-state index is 0.208. The first-order chi connectivity index (χ1) is 10.0. The van der Waals surface area contributed by atoms with E-state index in [-0.39, 0.29) is 6.04 Å². The van der Waals surface area contributed by atoms with Gasteiger partial charge in [0.2, 0.25) is 5.95 Å². The number of rotatable bonds is 3. The van der Waals surface area contributed by atoms with Gasteiger partial charge in [0.1, 0.15) is 17.3 Å². The zero-order valence-corrected chi connectivity index (χ0v) is 13.0. The third-order valence-electron chi connectivity index (χ3n) is 3.78. The molecule has 0 aliphatic carbocycles. The van der Waals surface area contributed by atoms with E-state index in [1.54, 1.807) is 0 Å². The van der Waals surface area contributed by atoms with Crippen LogP contribution in [0.4, 0.5) is 11.8 Å². The molecule has 1 aliphatic heterocycles. The maximum atomic E-state index is 5.22. The average molecular weight is 287 g/mol. The van der Waals surface area contributed by atoms with Gasteiger partial charge in [0.15, 0.2) is 0 Å². The molecule has 0 amide bonds. The van der Waals surface area contributed by atoms with Crippen molar-refractivity contribution in [2.45, 2.75) is 32.7 Å². The second kappa shape index (κ2) is 5.35. The fourth-order valence-electron chi connectivity index (χ4n) is 2.75. The second-order valence-electron chi connectivity index (χ2n) is 5.78. The average Bonchev–Trinajstić information content (AvgIpc) is 3.06. The molecule has 0 saturated carbocycles. The van der Waals surface area contributed by atoms with E-state index >= 15 is 0 Å². The molecule has 0 N–H and O–H groups in total. The molecule has 3 rings (SSSR count). The number of hydrogen-bond donors (Lipinski definition) is 0. The lowest BCUT2D eigenvalue weighted by Crippen LogP contribution is -2.26.